The van der Waals surface area contributed by atoms with Gasteiger partial charge in [0.2, 0.25) is 0 Å². The Morgan fingerprint density at radius 1 is 1.35 bits per heavy atom. The predicted molar refractivity (Wildman–Crippen MR) is 69.7 cm³/mol. The van der Waals surface area contributed by atoms with E-state index in [9.17, 15) is 9.90 Å². The number of phenols is 1. The molecule has 3 N–H and O–H groups in total. The lowest BCUT2D eigenvalue weighted by atomic mass is 10.1. The first-order valence-electron chi connectivity index (χ1n) is 5.95. The fourth-order valence-corrected chi connectivity index (χ4v) is 1.81. The Hall–Kier alpha value is -1.55. The van der Waals surface area contributed by atoms with Gasteiger partial charge in [0.1, 0.15) is 5.75 Å². The Morgan fingerprint density at radius 2 is 2.00 bits per heavy atom. The SMILES string of the molecule is CCN(CC)c1ccc(C(=O)CCN)c(O)c1. The summed E-state index contributed by atoms with van der Waals surface area (Å²) in [4.78, 5) is 13.7. The standard InChI is InChI=1S/C13H20N2O2/c1-3-15(4-2)10-5-6-11(13(17)9-10)12(16)7-8-14/h5-6,9,17H,3-4,7-8,14H2,1-2H3. The number of carbonyl (C=O) groups is 1. The quantitative estimate of drug-likeness (QED) is 0.739. The zero-order valence-electron chi connectivity index (χ0n) is 10.4. The number of ketones is 1. The second kappa shape index (κ2) is 6.25. The maximum atomic E-state index is 11.6. The topological polar surface area (TPSA) is 66.6 Å². The van der Waals surface area contributed by atoms with Crippen LogP contribution in [0.2, 0.25) is 0 Å². The van der Waals surface area contributed by atoms with Crippen molar-refractivity contribution in [2.75, 3.05) is 24.5 Å². The smallest absolute Gasteiger partial charge is 0.167 e. The van der Waals surface area contributed by atoms with Gasteiger partial charge in [-0.3, -0.25) is 4.79 Å². The molecule has 0 spiro atoms. The van der Waals surface area contributed by atoms with Gasteiger partial charge in [0.15, 0.2) is 5.78 Å². The first kappa shape index (κ1) is 13.5. The van der Waals surface area contributed by atoms with E-state index in [4.69, 9.17) is 5.73 Å². The minimum atomic E-state index is -0.115. The van der Waals surface area contributed by atoms with Gasteiger partial charge in [0, 0.05) is 31.3 Å². The number of hydrogen-bond donors (Lipinski definition) is 2. The molecule has 0 aliphatic heterocycles. The number of hydrogen-bond acceptors (Lipinski definition) is 4. The van der Waals surface area contributed by atoms with E-state index in [0.29, 0.717) is 12.1 Å². The zero-order valence-corrected chi connectivity index (χ0v) is 10.4. The molecule has 1 aromatic carbocycles. The van der Waals surface area contributed by atoms with E-state index in [1.54, 1.807) is 12.1 Å². The van der Waals surface area contributed by atoms with Crippen LogP contribution in [0.15, 0.2) is 18.2 Å². The summed E-state index contributed by atoms with van der Waals surface area (Å²) >= 11 is 0. The number of Topliss-reactive ketones (excluding diaryl/α,β-unsaturated/α-hetero) is 1. The normalized spacial score (nSPS) is 10.3. The molecule has 0 aromatic heterocycles. The Labute approximate surface area is 102 Å². The second-order valence-corrected chi connectivity index (χ2v) is 3.84. The molecule has 0 fully saturated rings. The van der Waals surface area contributed by atoms with Crippen LogP contribution in [0, 0.1) is 0 Å². The van der Waals surface area contributed by atoms with E-state index < -0.39 is 0 Å². The molecule has 0 heterocycles. The van der Waals surface area contributed by atoms with Crippen LogP contribution in [-0.4, -0.2) is 30.5 Å². The number of phenolic OH excluding ortho intramolecular Hbond substituents is 1. The average Bonchev–Trinajstić information content (AvgIpc) is 2.31. The number of nitrogens with two attached hydrogens (primary N) is 1. The van der Waals surface area contributed by atoms with Crippen LogP contribution in [0.1, 0.15) is 30.6 Å². The maximum Gasteiger partial charge on any atom is 0.167 e. The van der Waals surface area contributed by atoms with Crippen molar-refractivity contribution in [3.63, 3.8) is 0 Å². The summed E-state index contributed by atoms with van der Waals surface area (Å²) in [5.41, 5.74) is 6.61. The molecule has 0 bridgehead atoms. The van der Waals surface area contributed by atoms with E-state index >= 15 is 0 Å². The van der Waals surface area contributed by atoms with Gasteiger partial charge < -0.3 is 15.7 Å². The molecule has 94 valence electrons. The second-order valence-electron chi connectivity index (χ2n) is 3.84. The third kappa shape index (κ3) is 3.20. The van der Waals surface area contributed by atoms with Crippen LogP contribution in [-0.2, 0) is 0 Å². The lowest BCUT2D eigenvalue weighted by molar-refractivity contribution is 0.0983. The van der Waals surface area contributed by atoms with Crippen molar-refractivity contribution in [3.8, 4) is 5.75 Å². The average molecular weight is 236 g/mol. The molecule has 0 aliphatic carbocycles. The minimum absolute atomic E-state index is 0.0350. The highest BCUT2D eigenvalue weighted by molar-refractivity contribution is 5.99. The van der Waals surface area contributed by atoms with Gasteiger partial charge in [0.05, 0.1) is 5.56 Å². The van der Waals surface area contributed by atoms with Crippen molar-refractivity contribution >= 4 is 11.5 Å². The molecule has 0 unspecified atom stereocenters. The summed E-state index contributed by atoms with van der Waals surface area (Å²) in [6.45, 7) is 6.14. The van der Waals surface area contributed by atoms with Crippen LogP contribution in [0.3, 0.4) is 0 Å². The van der Waals surface area contributed by atoms with Crippen molar-refractivity contribution in [3.05, 3.63) is 23.8 Å². The summed E-state index contributed by atoms with van der Waals surface area (Å²) in [6, 6.07) is 5.16. The van der Waals surface area contributed by atoms with Gasteiger partial charge in [-0.2, -0.15) is 0 Å². The molecule has 1 rings (SSSR count). The summed E-state index contributed by atoms with van der Waals surface area (Å²) in [5.74, 6) is -0.0797. The summed E-state index contributed by atoms with van der Waals surface area (Å²) in [7, 11) is 0. The van der Waals surface area contributed by atoms with Gasteiger partial charge in [-0.05, 0) is 32.5 Å². The van der Waals surface area contributed by atoms with Crippen LogP contribution >= 0.6 is 0 Å². The van der Waals surface area contributed by atoms with Crippen LogP contribution in [0.4, 0.5) is 5.69 Å². The van der Waals surface area contributed by atoms with E-state index in [1.165, 1.54) is 0 Å². The monoisotopic (exact) mass is 236 g/mol. The molecule has 1 aromatic rings. The third-order valence-corrected chi connectivity index (χ3v) is 2.78. The van der Waals surface area contributed by atoms with Crippen LogP contribution in [0.25, 0.3) is 0 Å². The van der Waals surface area contributed by atoms with E-state index in [1.807, 2.05) is 19.9 Å². The van der Waals surface area contributed by atoms with Gasteiger partial charge in [-0.25, -0.2) is 0 Å². The Balaban J connectivity index is 2.97. The van der Waals surface area contributed by atoms with Crippen molar-refractivity contribution in [1.82, 2.24) is 0 Å². The Kier molecular flexibility index (Phi) is 4.97. The van der Waals surface area contributed by atoms with Crippen molar-refractivity contribution in [1.29, 1.82) is 0 Å². The lowest BCUT2D eigenvalue weighted by Gasteiger charge is -2.21. The summed E-state index contributed by atoms with van der Waals surface area (Å²) < 4.78 is 0. The molecule has 4 heteroatoms. The van der Waals surface area contributed by atoms with E-state index in [2.05, 4.69) is 4.90 Å². The molecule has 17 heavy (non-hydrogen) atoms. The summed E-state index contributed by atoms with van der Waals surface area (Å²) in [6.07, 6.45) is 0.262. The fraction of sp³-hybridized carbons (Fsp3) is 0.462. The molecule has 0 saturated heterocycles. The molecular weight excluding hydrogens is 216 g/mol. The minimum Gasteiger partial charge on any atom is -0.507 e. The maximum absolute atomic E-state index is 11.6. The summed E-state index contributed by atoms with van der Waals surface area (Å²) in [5, 5.41) is 9.84. The number of anilines is 1. The first-order valence-corrected chi connectivity index (χ1v) is 5.95. The van der Waals surface area contributed by atoms with Crippen molar-refractivity contribution < 1.29 is 9.90 Å². The number of aromatic hydroxyl groups is 1. The number of rotatable bonds is 6. The largest absolute Gasteiger partial charge is 0.507 e. The highest BCUT2D eigenvalue weighted by atomic mass is 16.3. The van der Waals surface area contributed by atoms with Crippen LogP contribution in [0.5, 0.6) is 5.75 Å². The van der Waals surface area contributed by atoms with Crippen molar-refractivity contribution in [2.45, 2.75) is 20.3 Å². The number of benzene rings is 1. The molecule has 0 aliphatic rings. The van der Waals surface area contributed by atoms with E-state index in [0.717, 1.165) is 18.8 Å². The number of carbonyl (C=O) groups excluding carboxylic acids is 1. The van der Waals surface area contributed by atoms with Gasteiger partial charge in [0.25, 0.3) is 0 Å². The highest BCUT2D eigenvalue weighted by Crippen LogP contribution is 2.25. The number of nitrogens with zero attached hydrogens (tertiary/aromatic N) is 1. The molecule has 4 nitrogen and oxygen atoms in total. The van der Waals surface area contributed by atoms with Gasteiger partial charge in [-0.1, -0.05) is 0 Å². The molecule has 0 amide bonds. The first-order chi connectivity index (χ1) is 8.13. The van der Waals surface area contributed by atoms with Crippen molar-refractivity contribution in [2.24, 2.45) is 5.73 Å². The lowest BCUT2D eigenvalue weighted by Crippen LogP contribution is -2.21. The molecule has 0 atom stereocenters. The Bertz CT molecular complexity index is 387. The zero-order chi connectivity index (χ0) is 12.8. The molecule has 0 radical (unpaired) electrons. The van der Waals surface area contributed by atoms with Gasteiger partial charge >= 0.3 is 0 Å². The van der Waals surface area contributed by atoms with E-state index in [-0.39, 0.29) is 18.0 Å². The predicted octanol–water partition coefficient (Wildman–Crippen LogP) is 1.77. The fourth-order valence-electron chi connectivity index (χ4n) is 1.81. The third-order valence-electron chi connectivity index (χ3n) is 2.78. The Morgan fingerprint density at radius 3 is 2.47 bits per heavy atom. The molecular formula is C13H20N2O2. The highest BCUT2D eigenvalue weighted by Gasteiger charge is 2.12. The van der Waals surface area contributed by atoms with Gasteiger partial charge in [-0.15, -0.1) is 0 Å². The molecule has 0 saturated carbocycles. The van der Waals surface area contributed by atoms with Crippen LogP contribution < -0.4 is 10.6 Å².